The Bertz CT molecular complexity index is 905. The second kappa shape index (κ2) is 7.38. The molecule has 164 valence electrons. The monoisotopic (exact) mass is 418 g/mol. The van der Waals surface area contributed by atoms with E-state index in [0.29, 0.717) is 11.1 Å². The maximum absolute atomic E-state index is 13.3. The molecule has 1 aromatic rings. The molecule has 2 aliphatic carbocycles. The SMILES string of the molecule is COC(=O)[C@@]1(C)CCC(=O)[C@]2(C)c3c(O)cc(C(C)C)cc3[C@@H](O)[C@@H](OC(C)=O)[C@H]12. The number of phenolic OH excluding ortho intramolecular Hbond substituents is 1. The maximum atomic E-state index is 13.3. The van der Waals surface area contributed by atoms with Crippen molar-refractivity contribution in [2.45, 2.75) is 71.0 Å². The fraction of sp³-hybridized carbons (Fsp3) is 0.609. The Balaban J connectivity index is 2.37. The van der Waals surface area contributed by atoms with Crippen molar-refractivity contribution in [3.63, 3.8) is 0 Å². The minimum Gasteiger partial charge on any atom is -0.508 e. The molecule has 5 atom stereocenters. The van der Waals surface area contributed by atoms with Gasteiger partial charge < -0.3 is 19.7 Å². The van der Waals surface area contributed by atoms with Crippen LogP contribution in [0.5, 0.6) is 5.75 Å². The van der Waals surface area contributed by atoms with Crippen molar-refractivity contribution in [1.82, 2.24) is 0 Å². The predicted octanol–water partition coefficient (Wildman–Crippen LogP) is 2.91. The molecule has 0 unspecified atom stereocenters. The lowest BCUT2D eigenvalue weighted by Gasteiger charge is -2.56. The van der Waals surface area contributed by atoms with Crippen molar-refractivity contribution < 1.29 is 34.1 Å². The Morgan fingerprint density at radius 2 is 1.87 bits per heavy atom. The number of esters is 2. The number of fused-ring (bicyclic) bond motifs is 3. The van der Waals surface area contributed by atoms with E-state index in [1.54, 1.807) is 26.0 Å². The zero-order valence-electron chi connectivity index (χ0n) is 18.3. The van der Waals surface area contributed by atoms with Crippen molar-refractivity contribution >= 4 is 17.7 Å². The first-order valence-corrected chi connectivity index (χ1v) is 10.2. The number of aliphatic hydroxyl groups excluding tert-OH is 1. The Hall–Kier alpha value is -2.41. The zero-order valence-corrected chi connectivity index (χ0v) is 18.3. The minimum absolute atomic E-state index is 0.0634. The number of Topliss-reactive ketones (excluding diaryl/α,β-unsaturated/α-hetero) is 1. The van der Waals surface area contributed by atoms with E-state index >= 15 is 0 Å². The van der Waals surface area contributed by atoms with Crippen LogP contribution in [0.2, 0.25) is 0 Å². The first kappa shape index (κ1) is 22.3. The number of ketones is 1. The van der Waals surface area contributed by atoms with Gasteiger partial charge in [0, 0.05) is 24.8 Å². The number of phenols is 1. The molecular weight excluding hydrogens is 388 g/mol. The summed E-state index contributed by atoms with van der Waals surface area (Å²) in [5.41, 5.74) is -1.10. The number of methoxy groups -OCH3 is 1. The van der Waals surface area contributed by atoms with Crippen LogP contribution in [0.15, 0.2) is 12.1 Å². The lowest BCUT2D eigenvalue weighted by Crippen LogP contribution is -2.63. The van der Waals surface area contributed by atoms with Crippen LogP contribution in [0.1, 0.15) is 76.2 Å². The summed E-state index contributed by atoms with van der Waals surface area (Å²) in [7, 11) is 1.27. The summed E-state index contributed by atoms with van der Waals surface area (Å²) in [6.45, 7) is 8.45. The van der Waals surface area contributed by atoms with Crippen molar-refractivity contribution in [3.8, 4) is 5.75 Å². The molecule has 0 radical (unpaired) electrons. The van der Waals surface area contributed by atoms with Gasteiger partial charge in [0.15, 0.2) is 0 Å². The lowest BCUT2D eigenvalue weighted by atomic mass is 9.47. The van der Waals surface area contributed by atoms with Gasteiger partial charge in [0.25, 0.3) is 0 Å². The molecule has 2 aliphatic rings. The topological polar surface area (TPSA) is 110 Å². The summed E-state index contributed by atoms with van der Waals surface area (Å²) >= 11 is 0. The van der Waals surface area contributed by atoms with Gasteiger partial charge in [-0.25, -0.2) is 0 Å². The van der Waals surface area contributed by atoms with Gasteiger partial charge in [0.1, 0.15) is 23.7 Å². The fourth-order valence-corrected chi connectivity index (χ4v) is 5.53. The highest BCUT2D eigenvalue weighted by Crippen LogP contribution is 2.61. The third-order valence-electron chi connectivity index (χ3n) is 7.03. The van der Waals surface area contributed by atoms with Crippen LogP contribution in [0, 0.1) is 11.3 Å². The molecular formula is C23H30O7. The van der Waals surface area contributed by atoms with Crippen LogP contribution in [0.3, 0.4) is 0 Å². The number of hydrogen-bond acceptors (Lipinski definition) is 7. The maximum Gasteiger partial charge on any atom is 0.312 e. The number of benzene rings is 1. The molecule has 0 aromatic heterocycles. The Morgan fingerprint density at radius 1 is 1.23 bits per heavy atom. The van der Waals surface area contributed by atoms with E-state index < -0.39 is 40.9 Å². The van der Waals surface area contributed by atoms with Crippen LogP contribution < -0.4 is 0 Å². The van der Waals surface area contributed by atoms with Crippen molar-refractivity contribution in [2.75, 3.05) is 7.11 Å². The highest BCUT2D eigenvalue weighted by atomic mass is 16.6. The second-order valence-electron chi connectivity index (χ2n) is 9.19. The van der Waals surface area contributed by atoms with Gasteiger partial charge >= 0.3 is 11.9 Å². The number of carbonyl (C=O) groups excluding carboxylic acids is 3. The average Bonchev–Trinajstić information content (AvgIpc) is 2.67. The van der Waals surface area contributed by atoms with E-state index in [9.17, 15) is 24.6 Å². The lowest BCUT2D eigenvalue weighted by molar-refractivity contribution is -0.190. The highest BCUT2D eigenvalue weighted by molar-refractivity contribution is 5.95. The summed E-state index contributed by atoms with van der Waals surface area (Å²) in [5, 5.41) is 22.2. The number of rotatable bonds is 3. The molecule has 2 N–H and O–H groups in total. The van der Waals surface area contributed by atoms with Crippen LogP contribution >= 0.6 is 0 Å². The fourth-order valence-electron chi connectivity index (χ4n) is 5.53. The van der Waals surface area contributed by atoms with Crippen molar-refractivity contribution in [2.24, 2.45) is 11.3 Å². The highest BCUT2D eigenvalue weighted by Gasteiger charge is 2.66. The van der Waals surface area contributed by atoms with Gasteiger partial charge in [-0.2, -0.15) is 0 Å². The molecule has 3 rings (SSSR count). The molecule has 7 heteroatoms. The Kier molecular flexibility index (Phi) is 5.48. The largest absolute Gasteiger partial charge is 0.508 e. The van der Waals surface area contributed by atoms with Gasteiger partial charge in [-0.3, -0.25) is 14.4 Å². The Labute approximate surface area is 176 Å². The summed E-state index contributed by atoms with van der Waals surface area (Å²) in [5.74, 6) is -2.29. The van der Waals surface area contributed by atoms with Crippen LogP contribution in [0.25, 0.3) is 0 Å². The first-order valence-electron chi connectivity index (χ1n) is 10.2. The smallest absolute Gasteiger partial charge is 0.312 e. The normalized spacial score (nSPS) is 32.9. The summed E-state index contributed by atoms with van der Waals surface area (Å²) in [6.07, 6.45) is -2.15. The third-order valence-corrected chi connectivity index (χ3v) is 7.03. The average molecular weight is 418 g/mol. The minimum atomic E-state index is -1.34. The van der Waals surface area contributed by atoms with E-state index in [1.807, 2.05) is 13.8 Å². The Morgan fingerprint density at radius 3 is 2.40 bits per heavy atom. The zero-order chi connectivity index (χ0) is 22.6. The van der Waals surface area contributed by atoms with Crippen LogP contribution in [0.4, 0.5) is 0 Å². The quantitative estimate of drug-likeness (QED) is 0.726. The summed E-state index contributed by atoms with van der Waals surface area (Å²) < 4.78 is 10.6. The first-order chi connectivity index (χ1) is 13.9. The standard InChI is InChI=1S/C23H30O7/c1-11(2)13-9-14-17(15(25)10-13)23(5)16(26)7-8-22(4,21(28)29-6)20(23)19(18(14)27)30-12(3)24/h9-11,18-20,25,27H,7-8H2,1-6H3/t18-,19-,20-,22+,23-/m1/s1. The molecule has 0 aliphatic heterocycles. The van der Waals surface area contributed by atoms with Gasteiger partial charge in [-0.15, -0.1) is 0 Å². The predicted molar refractivity (Wildman–Crippen MR) is 108 cm³/mol. The van der Waals surface area contributed by atoms with E-state index in [0.717, 1.165) is 5.56 Å². The molecule has 1 fully saturated rings. The van der Waals surface area contributed by atoms with Crippen LogP contribution in [-0.2, 0) is 29.3 Å². The number of carbonyl (C=O) groups is 3. The van der Waals surface area contributed by atoms with Crippen LogP contribution in [-0.4, -0.2) is 41.1 Å². The van der Waals surface area contributed by atoms with Gasteiger partial charge in [0.2, 0.25) is 0 Å². The van der Waals surface area contributed by atoms with Gasteiger partial charge in [-0.1, -0.05) is 19.9 Å². The molecule has 0 saturated heterocycles. The number of aliphatic hydroxyl groups is 1. The molecule has 1 saturated carbocycles. The van der Waals surface area contributed by atoms with E-state index in [1.165, 1.54) is 14.0 Å². The second-order valence-corrected chi connectivity index (χ2v) is 9.19. The number of hydrogen-bond donors (Lipinski definition) is 2. The van der Waals surface area contributed by atoms with E-state index in [2.05, 4.69) is 0 Å². The molecule has 0 heterocycles. The van der Waals surface area contributed by atoms with Crippen molar-refractivity contribution in [1.29, 1.82) is 0 Å². The van der Waals surface area contributed by atoms with E-state index in [4.69, 9.17) is 9.47 Å². The molecule has 1 aromatic carbocycles. The third kappa shape index (κ3) is 3.02. The summed E-state index contributed by atoms with van der Waals surface area (Å²) in [4.78, 5) is 38.1. The van der Waals surface area contributed by atoms with Crippen molar-refractivity contribution in [3.05, 3.63) is 28.8 Å². The summed E-state index contributed by atoms with van der Waals surface area (Å²) in [6, 6.07) is 3.35. The molecule has 0 spiro atoms. The van der Waals surface area contributed by atoms with Gasteiger partial charge in [0.05, 0.1) is 17.9 Å². The molecule has 7 nitrogen and oxygen atoms in total. The van der Waals surface area contributed by atoms with E-state index in [-0.39, 0.29) is 30.3 Å². The van der Waals surface area contributed by atoms with Gasteiger partial charge in [-0.05, 0) is 43.4 Å². The molecule has 30 heavy (non-hydrogen) atoms. The number of ether oxygens (including phenoxy) is 2. The molecule has 0 bridgehead atoms. The number of aromatic hydroxyl groups is 1. The molecule has 0 amide bonds.